The second-order valence-corrected chi connectivity index (χ2v) is 5.36. The van der Waals surface area contributed by atoms with Gasteiger partial charge < -0.3 is 4.42 Å². The quantitative estimate of drug-likeness (QED) is 0.576. The van der Waals surface area contributed by atoms with Crippen molar-refractivity contribution in [3.63, 3.8) is 0 Å². The van der Waals surface area contributed by atoms with Crippen LogP contribution in [0.3, 0.4) is 0 Å². The SMILES string of the molecule is CC(=O)CC(=O)Cc1ccccc1.CC(=O)CC(=O)c1ccco1. The molecule has 0 aliphatic carbocycles. The minimum absolute atomic E-state index is 0.0151. The smallest absolute Gasteiger partial charge is 0.205 e. The monoisotopic (exact) mass is 328 g/mol. The van der Waals surface area contributed by atoms with Crippen molar-refractivity contribution in [1.29, 1.82) is 0 Å². The van der Waals surface area contributed by atoms with Gasteiger partial charge in [-0.2, -0.15) is 0 Å². The fourth-order valence-corrected chi connectivity index (χ4v) is 1.91. The molecule has 5 heteroatoms. The van der Waals surface area contributed by atoms with E-state index in [9.17, 15) is 19.2 Å². The Labute approximate surface area is 140 Å². The van der Waals surface area contributed by atoms with Gasteiger partial charge in [0.25, 0.3) is 0 Å². The van der Waals surface area contributed by atoms with Crippen LogP contribution in [-0.4, -0.2) is 23.1 Å². The number of furan rings is 1. The van der Waals surface area contributed by atoms with E-state index in [1.54, 1.807) is 12.1 Å². The topological polar surface area (TPSA) is 81.4 Å². The van der Waals surface area contributed by atoms with Crippen molar-refractivity contribution < 1.29 is 23.6 Å². The van der Waals surface area contributed by atoms with Crippen LogP contribution in [0.4, 0.5) is 0 Å². The Hall–Kier alpha value is -2.82. The van der Waals surface area contributed by atoms with Crippen LogP contribution < -0.4 is 0 Å². The van der Waals surface area contributed by atoms with E-state index in [-0.39, 0.29) is 41.7 Å². The summed E-state index contributed by atoms with van der Waals surface area (Å²) in [5.74, 6) is -0.242. The van der Waals surface area contributed by atoms with Crippen LogP contribution in [0.5, 0.6) is 0 Å². The molecule has 1 aromatic heterocycles. The summed E-state index contributed by atoms with van der Waals surface area (Å²) in [7, 11) is 0. The van der Waals surface area contributed by atoms with Gasteiger partial charge >= 0.3 is 0 Å². The molecule has 1 aromatic carbocycles. The molecule has 0 radical (unpaired) electrons. The van der Waals surface area contributed by atoms with Crippen molar-refractivity contribution in [2.45, 2.75) is 33.1 Å². The molecule has 0 spiro atoms. The molecule has 0 unspecified atom stereocenters. The molecule has 0 aliphatic heterocycles. The lowest BCUT2D eigenvalue weighted by Crippen LogP contribution is -2.07. The van der Waals surface area contributed by atoms with Crippen LogP contribution in [-0.2, 0) is 20.8 Å². The summed E-state index contributed by atoms with van der Waals surface area (Å²) >= 11 is 0. The van der Waals surface area contributed by atoms with Gasteiger partial charge in [0.1, 0.15) is 17.3 Å². The van der Waals surface area contributed by atoms with Crippen LogP contribution in [0.15, 0.2) is 53.1 Å². The summed E-state index contributed by atoms with van der Waals surface area (Å²) in [6, 6.07) is 12.6. The van der Waals surface area contributed by atoms with Crippen molar-refractivity contribution in [2.24, 2.45) is 0 Å². The summed E-state index contributed by atoms with van der Waals surface area (Å²) in [6.45, 7) is 2.81. The molecule has 24 heavy (non-hydrogen) atoms. The van der Waals surface area contributed by atoms with Gasteiger partial charge in [-0.15, -0.1) is 0 Å². The van der Waals surface area contributed by atoms with E-state index < -0.39 is 0 Å². The molecule has 5 nitrogen and oxygen atoms in total. The first-order chi connectivity index (χ1) is 11.4. The first kappa shape index (κ1) is 19.2. The van der Waals surface area contributed by atoms with E-state index in [2.05, 4.69) is 0 Å². The van der Waals surface area contributed by atoms with E-state index in [4.69, 9.17) is 4.42 Å². The zero-order chi connectivity index (χ0) is 17.9. The predicted molar refractivity (Wildman–Crippen MR) is 88.8 cm³/mol. The van der Waals surface area contributed by atoms with Gasteiger partial charge in [0, 0.05) is 6.42 Å². The zero-order valence-electron chi connectivity index (χ0n) is 13.8. The average molecular weight is 328 g/mol. The molecular formula is C19H20O5. The van der Waals surface area contributed by atoms with E-state index in [1.807, 2.05) is 30.3 Å². The van der Waals surface area contributed by atoms with Crippen LogP contribution in [0.2, 0.25) is 0 Å². The summed E-state index contributed by atoms with van der Waals surface area (Å²) in [5, 5.41) is 0. The molecule has 0 aliphatic rings. The molecule has 2 aromatic rings. The highest BCUT2D eigenvalue weighted by molar-refractivity contribution is 6.05. The number of carbonyl (C=O) groups is 4. The van der Waals surface area contributed by atoms with Crippen LogP contribution >= 0.6 is 0 Å². The van der Waals surface area contributed by atoms with Crippen molar-refractivity contribution >= 4 is 23.1 Å². The third-order valence-electron chi connectivity index (χ3n) is 2.90. The standard InChI is InChI=1S/C11H12O2.C8H8O3/c1-9(12)7-11(13)8-10-5-3-2-4-6-10;1-6(9)5-7(10)8-3-2-4-11-8/h2-6H,7-8H2,1H3;2-4H,5H2,1H3. The summed E-state index contributed by atoms with van der Waals surface area (Å²) in [6.07, 6.45) is 1.75. The number of hydrogen-bond acceptors (Lipinski definition) is 5. The van der Waals surface area contributed by atoms with Crippen molar-refractivity contribution in [3.05, 3.63) is 60.1 Å². The van der Waals surface area contributed by atoms with Gasteiger partial charge in [-0.3, -0.25) is 19.2 Å². The van der Waals surface area contributed by atoms with Crippen LogP contribution in [0.1, 0.15) is 42.8 Å². The maximum absolute atomic E-state index is 11.2. The number of hydrogen-bond donors (Lipinski definition) is 0. The maximum Gasteiger partial charge on any atom is 0.205 e. The molecule has 0 bridgehead atoms. The van der Waals surface area contributed by atoms with Gasteiger partial charge in [-0.25, -0.2) is 0 Å². The van der Waals surface area contributed by atoms with Crippen LogP contribution in [0, 0.1) is 0 Å². The highest BCUT2D eigenvalue weighted by Gasteiger charge is 2.10. The zero-order valence-corrected chi connectivity index (χ0v) is 13.8. The Balaban J connectivity index is 0.000000243. The van der Waals surface area contributed by atoms with E-state index in [0.717, 1.165) is 5.56 Å². The van der Waals surface area contributed by atoms with Gasteiger partial charge in [0.15, 0.2) is 5.76 Å². The molecular weight excluding hydrogens is 308 g/mol. The molecule has 0 saturated heterocycles. The second kappa shape index (κ2) is 10.0. The molecule has 0 saturated carbocycles. The minimum Gasteiger partial charge on any atom is -0.461 e. The normalized spacial score (nSPS) is 9.58. The fourth-order valence-electron chi connectivity index (χ4n) is 1.91. The van der Waals surface area contributed by atoms with Crippen LogP contribution in [0.25, 0.3) is 0 Å². The molecule has 0 fully saturated rings. The lowest BCUT2D eigenvalue weighted by atomic mass is 10.1. The highest BCUT2D eigenvalue weighted by atomic mass is 16.3. The summed E-state index contributed by atoms with van der Waals surface area (Å²) in [5.41, 5.74) is 0.966. The van der Waals surface area contributed by atoms with E-state index >= 15 is 0 Å². The van der Waals surface area contributed by atoms with E-state index in [1.165, 1.54) is 20.1 Å². The molecule has 1 heterocycles. The molecule has 126 valence electrons. The Morgan fingerprint density at radius 2 is 1.46 bits per heavy atom. The highest BCUT2D eigenvalue weighted by Crippen LogP contribution is 2.04. The molecule has 0 amide bonds. The Kier molecular flexibility index (Phi) is 8.05. The second-order valence-electron chi connectivity index (χ2n) is 5.36. The lowest BCUT2D eigenvalue weighted by molar-refractivity contribution is -0.125. The third-order valence-corrected chi connectivity index (χ3v) is 2.90. The van der Waals surface area contributed by atoms with Gasteiger partial charge in [0.2, 0.25) is 5.78 Å². The first-order valence-electron chi connectivity index (χ1n) is 7.49. The Morgan fingerprint density at radius 3 is 1.96 bits per heavy atom. The van der Waals surface area contributed by atoms with Gasteiger partial charge in [-0.1, -0.05) is 30.3 Å². The summed E-state index contributed by atoms with van der Waals surface area (Å²) < 4.78 is 4.79. The predicted octanol–water partition coefficient (Wildman–Crippen LogP) is 3.22. The number of benzene rings is 1. The number of rotatable bonds is 7. The Bertz CT molecular complexity index is 684. The largest absolute Gasteiger partial charge is 0.461 e. The molecule has 0 N–H and O–H groups in total. The minimum atomic E-state index is -0.262. The molecule has 2 rings (SSSR count). The number of carbonyl (C=O) groups excluding carboxylic acids is 4. The Morgan fingerprint density at radius 1 is 0.833 bits per heavy atom. The van der Waals surface area contributed by atoms with Crippen molar-refractivity contribution in [2.75, 3.05) is 0 Å². The average Bonchev–Trinajstić information content (AvgIpc) is 3.01. The van der Waals surface area contributed by atoms with Gasteiger partial charge in [0.05, 0.1) is 19.1 Å². The van der Waals surface area contributed by atoms with Crippen molar-refractivity contribution in [1.82, 2.24) is 0 Å². The maximum atomic E-state index is 11.2. The van der Waals surface area contributed by atoms with Gasteiger partial charge in [-0.05, 0) is 31.5 Å². The fraction of sp³-hybridized carbons (Fsp3) is 0.263. The van der Waals surface area contributed by atoms with Crippen molar-refractivity contribution in [3.8, 4) is 0 Å². The molecule has 0 atom stereocenters. The number of Topliss-reactive ketones (excluding diaryl/α,β-unsaturated/α-hetero) is 4. The number of ketones is 4. The lowest BCUT2D eigenvalue weighted by Gasteiger charge is -1.97. The third kappa shape index (κ3) is 7.98. The first-order valence-corrected chi connectivity index (χ1v) is 7.49. The summed E-state index contributed by atoms with van der Waals surface area (Å²) in [4.78, 5) is 43.3. The van der Waals surface area contributed by atoms with E-state index in [0.29, 0.717) is 6.42 Å².